The number of benzene rings is 1. The van der Waals surface area contributed by atoms with Crippen molar-refractivity contribution < 1.29 is 17.7 Å². The number of amides is 1. The normalized spacial score (nSPS) is 22.5. The number of carbonyl (C=O) groups is 1. The zero-order valence-electron chi connectivity index (χ0n) is 17.8. The van der Waals surface area contributed by atoms with E-state index in [-0.39, 0.29) is 18.0 Å². The van der Waals surface area contributed by atoms with Crippen molar-refractivity contribution in [2.45, 2.75) is 45.2 Å². The van der Waals surface area contributed by atoms with Gasteiger partial charge < -0.3 is 14.4 Å². The molecule has 9 nitrogen and oxygen atoms in total. The average Bonchev–Trinajstić information content (AvgIpc) is 3.46. The second kappa shape index (κ2) is 7.16. The van der Waals surface area contributed by atoms with E-state index >= 15 is 0 Å². The van der Waals surface area contributed by atoms with Gasteiger partial charge in [-0.3, -0.25) is 4.79 Å². The van der Waals surface area contributed by atoms with Gasteiger partial charge in [0.25, 0.3) is 0 Å². The van der Waals surface area contributed by atoms with Gasteiger partial charge in [-0.25, -0.2) is 17.7 Å². The predicted octanol–water partition coefficient (Wildman–Crippen LogP) is 2.47. The number of fused-ring (bicyclic) bond motifs is 1. The van der Waals surface area contributed by atoms with E-state index in [0.717, 1.165) is 39.4 Å². The zero-order valence-corrected chi connectivity index (χ0v) is 18.6. The van der Waals surface area contributed by atoms with Crippen molar-refractivity contribution in [1.29, 1.82) is 0 Å². The Labute approximate surface area is 180 Å². The highest BCUT2D eigenvalue weighted by Gasteiger charge is 2.35. The fraction of sp³-hybridized carbons (Fsp3) is 0.476. The maximum atomic E-state index is 12.1. The van der Waals surface area contributed by atoms with E-state index in [9.17, 15) is 13.2 Å². The van der Waals surface area contributed by atoms with E-state index in [1.54, 1.807) is 0 Å². The summed E-state index contributed by atoms with van der Waals surface area (Å²) in [5.74, 6) is 1.56. The number of hydrogen-bond donors (Lipinski definition) is 1. The molecule has 1 N–H and O–H groups in total. The summed E-state index contributed by atoms with van der Waals surface area (Å²) >= 11 is 0. The molecule has 2 fully saturated rings. The standard InChI is InChI=1S/C21H25N5O4S/c1-12-20(13(2)30-24-12)14-4-6-18-17(10-14)23-21(16-5-7-19(27)22-16)26(18)15-8-9-25(11-15)31(3,28)29/h4,6,10,15-16H,5,7-9,11H2,1-3H3,(H,22,27)/t15-,16+/m1/s1. The minimum absolute atomic E-state index is 0.0178. The summed E-state index contributed by atoms with van der Waals surface area (Å²) < 4.78 is 33.1. The summed E-state index contributed by atoms with van der Waals surface area (Å²) in [5, 5.41) is 7.07. The van der Waals surface area contributed by atoms with Crippen LogP contribution in [0.15, 0.2) is 22.7 Å². The molecular formula is C21H25N5O4S. The summed E-state index contributed by atoms with van der Waals surface area (Å²) in [6, 6.07) is 5.86. The smallest absolute Gasteiger partial charge is 0.220 e. The number of hydrogen-bond acceptors (Lipinski definition) is 6. The molecule has 10 heteroatoms. The molecule has 164 valence electrons. The molecule has 0 bridgehead atoms. The van der Waals surface area contributed by atoms with Crippen LogP contribution in [0.1, 0.15) is 48.6 Å². The third-order valence-electron chi connectivity index (χ3n) is 6.31. The summed E-state index contributed by atoms with van der Waals surface area (Å²) in [6.45, 7) is 4.68. The third-order valence-corrected chi connectivity index (χ3v) is 7.58. The molecule has 31 heavy (non-hydrogen) atoms. The van der Waals surface area contributed by atoms with E-state index in [1.807, 2.05) is 32.0 Å². The molecule has 5 rings (SSSR count). The van der Waals surface area contributed by atoms with Crippen molar-refractivity contribution in [3.63, 3.8) is 0 Å². The first-order chi connectivity index (χ1) is 14.7. The van der Waals surface area contributed by atoms with Crippen LogP contribution in [0.4, 0.5) is 0 Å². The average molecular weight is 444 g/mol. The summed E-state index contributed by atoms with van der Waals surface area (Å²) in [7, 11) is -3.25. The van der Waals surface area contributed by atoms with Crippen LogP contribution >= 0.6 is 0 Å². The molecule has 2 aromatic heterocycles. The molecule has 0 radical (unpaired) electrons. The van der Waals surface area contributed by atoms with E-state index in [4.69, 9.17) is 9.51 Å². The van der Waals surface area contributed by atoms with Crippen LogP contribution in [-0.2, 0) is 14.8 Å². The number of imidazole rings is 1. The summed E-state index contributed by atoms with van der Waals surface area (Å²) in [4.78, 5) is 16.8. The largest absolute Gasteiger partial charge is 0.361 e. The minimum Gasteiger partial charge on any atom is -0.361 e. The molecule has 1 amide bonds. The van der Waals surface area contributed by atoms with Gasteiger partial charge >= 0.3 is 0 Å². The Hall–Kier alpha value is -2.72. The lowest BCUT2D eigenvalue weighted by Gasteiger charge is -2.20. The van der Waals surface area contributed by atoms with Crippen molar-refractivity contribution in [3.8, 4) is 11.1 Å². The molecule has 1 aromatic carbocycles. The topological polar surface area (TPSA) is 110 Å². The van der Waals surface area contributed by atoms with Gasteiger partial charge in [0.1, 0.15) is 11.6 Å². The maximum absolute atomic E-state index is 12.1. The van der Waals surface area contributed by atoms with E-state index in [2.05, 4.69) is 15.0 Å². The van der Waals surface area contributed by atoms with Crippen LogP contribution in [0.25, 0.3) is 22.2 Å². The third kappa shape index (κ3) is 3.43. The predicted molar refractivity (Wildman–Crippen MR) is 115 cm³/mol. The Kier molecular flexibility index (Phi) is 4.67. The lowest BCUT2D eigenvalue weighted by Crippen LogP contribution is -2.29. The quantitative estimate of drug-likeness (QED) is 0.663. The second-order valence-corrected chi connectivity index (χ2v) is 10.4. The SMILES string of the molecule is Cc1noc(C)c1-c1ccc2c(c1)nc([C@@H]1CCC(=O)N1)n2[C@@H]1CCN(S(C)(=O)=O)C1. The molecule has 0 unspecified atom stereocenters. The fourth-order valence-electron chi connectivity index (χ4n) is 4.83. The number of rotatable bonds is 4. The fourth-order valence-corrected chi connectivity index (χ4v) is 5.71. The van der Waals surface area contributed by atoms with Crippen LogP contribution in [0.5, 0.6) is 0 Å². The van der Waals surface area contributed by atoms with Gasteiger partial charge in [-0.1, -0.05) is 11.2 Å². The van der Waals surface area contributed by atoms with Gasteiger partial charge in [-0.05, 0) is 44.4 Å². The first-order valence-electron chi connectivity index (χ1n) is 10.4. The van der Waals surface area contributed by atoms with Crippen LogP contribution in [0.2, 0.25) is 0 Å². The molecule has 4 heterocycles. The second-order valence-electron chi connectivity index (χ2n) is 8.46. The van der Waals surface area contributed by atoms with Crippen LogP contribution in [-0.4, -0.2) is 52.7 Å². The summed E-state index contributed by atoms with van der Waals surface area (Å²) in [6.07, 6.45) is 3.10. The Morgan fingerprint density at radius 2 is 2.03 bits per heavy atom. The van der Waals surface area contributed by atoms with Crippen molar-refractivity contribution in [2.24, 2.45) is 0 Å². The molecule has 2 atom stereocenters. The van der Waals surface area contributed by atoms with Crippen LogP contribution in [0, 0.1) is 13.8 Å². The lowest BCUT2D eigenvalue weighted by atomic mass is 10.0. The number of aromatic nitrogens is 3. The monoisotopic (exact) mass is 443 g/mol. The highest BCUT2D eigenvalue weighted by atomic mass is 32.2. The zero-order chi connectivity index (χ0) is 21.9. The van der Waals surface area contributed by atoms with Gasteiger partial charge in [0, 0.05) is 25.1 Å². The van der Waals surface area contributed by atoms with Crippen LogP contribution in [0.3, 0.4) is 0 Å². The first-order valence-corrected chi connectivity index (χ1v) is 12.3. The van der Waals surface area contributed by atoms with Crippen molar-refractivity contribution in [1.82, 2.24) is 24.3 Å². The molecule has 0 aliphatic carbocycles. The lowest BCUT2D eigenvalue weighted by molar-refractivity contribution is -0.119. The van der Waals surface area contributed by atoms with Gasteiger partial charge in [0.15, 0.2) is 0 Å². The molecular weight excluding hydrogens is 418 g/mol. The van der Waals surface area contributed by atoms with Crippen molar-refractivity contribution >= 4 is 27.0 Å². The Bertz CT molecular complexity index is 1270. The van der Waals surface area contributed by atoms with Gasteiger partial charge in [0.05, 0.1) is 35.1 Å². The first kappa shape index (κ1) is 20.2. The van der Waals surface area contributed by atoms with Gasteiger partial charge in [-0.15, -0.1) is 0 Å². The summed E-state index contributed by atoms with van der Waals surface area (Å²) in [5.41, 5.74) is 4.49. The number of nitrogens with zero attached hydrogens (tertiary/aromatic N) is 4. The highest BCUT2D eigenvalue weighted by Crippen LogP contribution is 2.36. The Morgan fingerprint density at radius 1 is 1.23 bits per heavy atom. The Morgan fingerprint density at radius 3 is 2.65 bits per heavy atom. The van der Waals surface area contributed by atoms with Crippen LogP contribution < -0.4 is 5.32 Å². The molecule has 2 aliphatic heterocycles. The number of sulfonamides is 1. The number of aryl methyl sites for hydroxylation is 2. The van der Waals surface area contributed by atoms with Gasteiger partial charge in [0.2, 0.25) is 15.9 Å². The number of carbonyl (C=O) groups excluding carboxylic acids is 1. The Balaban J connectivity index is 1.63. The number of nitrogens with one attached hydrogen (secondary N) is 1. The maximum Gasteiger partial charge on any atom is 0.220 e. The minimum atomic E-state index is -3.25. The molecule has 0 spiro atoms. The van der Waals surface area contributed by atoms with E-state index < -0.39 is 10.0 Å². The molecule has 3 aromatic rings. The van der Waals surface area contributed by atoms with Crippen molar-refractivity contribution in [2.75, 3.05) is 19.3 Å². The molecule has 0 saturated carbocycles. The van der Waals surface area contributed by atoms with E-state index in [0.29, 0.717) is 32.4 Å². The highest BCUT2D eigenvalue weighted by molar-refractivity contribution is 7.88. The van der Waals surface area contributed by atoms with E-state index in [1.165, 1.54) is 10.6 Å². The molecule has 2 saturated heterocycles. The van der Waals surface area contributed by atoms with Crippen molar-refractivity contribution in [3.05, 3.63) is 35.5 Å². The molecule has 2 aliphatic rings. The van der Waals surface area contributed by atoms with Gasteiger partial charge in [-0.2, -0.15) is 0 Å².